The van der Waals surface area contributed by atoms with Gasteiger partial charge in [0.1, 0.15) is 6.54 Å². The van der Waals surface area contributed by atoms with Gasteiger partial charge >= 0.3 is 6.18 Å². The molecule has 112 valence electrons. The number of rotatable bonds is 7. The molecule has 1 amide bonds. The Morgan fingerprint density at radius 2 is 1.85 bits per heavy atom. The van der Waals surface area contributed by atoms with E-state index in [1.807, 2.05) is 0 Å². The van der Waals surface area contributed by atoms with Crippen molar-refractivity contribution < 1.29 is 18.0 Å². The first-order valence-electron chi connectivity index (χ1n) is 6.26. The smallest absolute Gasteiger partial charge is 0.375 e. The van der Waals surface area contributed by atoms with Crippen LogP contribution >= 0.6 is 0 Å². The van der Waals surface area contributed by atoms with E-state index >= 15 is 0 Å². The van der Waals surface area contributed by atoms with Crippen LogP contribution < -0.4 is 16.0 Å². The lowest BCUT2D eigenvalue weighted by molar-refractivity contribution is -0.116. The van der Waals surface area contributed by atoms with Gasteiger partial charge in [-0.05, 0) is 32.1 Å². The quantitative estimate of drug-likeness (QED) is 0.676. The third kappa shape index (κ3) is 6.42. The van der Waals surface area contributed by atoms with Gasteiger partial charge in [-0.3, -0.25) is 4.79 Å². The van der Waals surface area contributed by atoms with Gasteiger partial charge in [0.25, 0.3) is 0 Å². The molecule has 0 aromatic heterocycles. The van der Waals surface area contributed by atoms with Crippen molar-refractivity contribution in [3.8, 4) is 0 Å². The molecule has 0 saturated heterocycles. The molecule has 0 aliphatic carbocycles. The maximum atomic E-state index is 12.2. The monoisotopic (exact) mass is 289 g/mol. The summed E-state index contributed by atoms with van der Waals surface area (Å²) in [6.07, 6.45) is -3.32. The number of benzene rings is 1. The lowest BCUT2D eigenvalue weighted by Crippen LogP contribution is -2.22. The Kier molecular flexibility index (Phi) is 6.30. The summed E-state index contributed by atoms with van der Waals surface area (Å²) in [4.78, 5) is 11.7. The van der Waals surface area contributed by atoms with E-state index in [1.165, 1.54) is 6.07 Å². The van der Waals surface area contributed by atoms with Crippen LogP contribution in [-0.4, -0.2) is 32.2 Å². The van der Waals surface area contributed by atoms with Crippen molar-refractivity contribution in [1.82, 2.24) is 5.32 Å². The molecule has 1 aromatic carbocycles. The zero-order chi connectivity index (χ0) is 15.0. The molecule has 20 heavy (non-hydrogen) atoms. The molecule has 0 bridgehead atoms. The molecule has 1 rings (SSSR count). The zero-order valence-electron chi connectivity index (χ0n) is 11.2. The van der Waals surface area contributed by atoms with Crippen molar-refractivity contribution in [3.63, 3.8) is 0 Å². The lowest BCUT2D eigenvalue weighted by atomic mass is 10.2. The number of hydrogen-bond acceptors (Lipinski definition) is 3. The highest BCUT2D eigenvalue weighted by atomic mass is 19.4. The summed E-state index contributed by atoms with van der Waals surface area (Å²) >= 11 is 0. The molecule has 0 aliphatic rings. The second-order valence-electron chi connectivity index (χ2n) is 4.27. The summed E-state index contributed by atoms with van der Waals surface area (Å²) in [6, 6.07) is 6.32. The maximum absolute atomic E-state index is 12.2. The second-order valence-corrected chi connectivity index (χ2v) is 4.27. The Balaban J connectivity index is 2.58. The minimum absolute atomic E-state index is 0.221. The van der Waals surface area contributed by atoms with Gasteiger partial charge in [0.15, 0.2) is 0 Å². The van der Waals surface area contributed by atoms with Crippen LogP contribution in [0.3, 0.4) is 0 Å². The minimum atomic E-state index is -4.30. The Morgan fingerprint density at radius 3 is 2.45 bits per heavy atom. The van der Waals surface area contributed by atoms with E-state index in [0.29, 0.717) is 25.1 Å². The highest BCUT2D eigenvalue weighted by molar-refractivity contribution is 5.94. The van der Waals surface area contributed by atoms with E-state index in [0.717, 1.165) is 0 Å². The number of nitrogens with one attached hydrogen (secondary N) is 3. The molecule has 0 saturated carbocycles. The van der Waals surface area contributed by atoms with E-state index in [2.05, 4.69) is 16.0 Å². The minimum Gasteiger partial charge on any atom is -0.375 e. The van der Waals surface area contributed by atoms with Crippen LogP contribution in [0.2, 0.25) is 0 Å². The SMILES string of the molecule is CNCCCC(=O)Nc1ccccc1NCC(F)(F)F. The van der Waals surface area contributed by atoms with E-state index in [-0.39, 0.29) is 11.6 Å². The Morgan fingerprint density at radius 1 is 1.20 bits per heavy atom. The summed E-state index contributed by atoms with van der Waals surface area (Å²) < 4.78 is 36.6. The molecule has 0 aliphatic heterocycles. The van der Waals surface area contributed by atoms with E-state index in [4.69, 9.17) is 0 Å². The molecule has 1 aromatic rings. The van der Waals surface area contributed by atoms with Gasteiger partial charge in [0, 0.05) is 6.42 Å². The normalized spacial score (nSPS) is 11.2. The molecule has 7 heteroatoms. The predicted octanol–water partition coefficient (Wildman–Crippen LogP) is 2.60. The fourth-order valence-electron chi connectivity index (χ4n) is 1.58. The van der Waals surface area contributed by atoms with Gasteiger partial charge in [-0.15, -0.1) is 0 Å². The topological polar surface area (TPSA) is 53.2 Å². The average molecular weight is 289 g/mol. The molecule has 0 spiro atoms. The summed E-state index contributed by atoms with van der Waals surface area (Å²) in [5, 5.41) is 7.80. The number of amides is 1. The summed E-state index contributed by atoms with van der Waals surface area (Å²) in [6.45, 7) is -0.430. The number of carbonyl (C=O) groups is 1. The first-order chi connectivity index (χ1) is 9.42. The summed E-state index contributed by atoms with van der Waals surface area (Å²) in [5.41, 5.74) is 0.609. The van der Waals surface area contributed by atoms with Crippen molar-refractivity contribution in [2.45, 2.75) is 19.0 Å². The van der Waals surface area contributed by atoms with Gasteiger partial charge < -0.3 is 16.0 Å². The molecule has 0 radical (unpaired) electrons. The molecule has 4 nitrogen and oxygen atoms in total. The van der Waals surface area contributed by atoms with E-state index in [1.54, 1.807) is 25.2 Å². The van der Waals surface area contributed by atoms with Crippen LogP contribution in [0.15, 0.2) is 24.3 Å². The fraction of sp³-hybridized carbons (Fsp3) is 0.462. The van der Waals surface area contributed by atoms with Gasteiger partial charge in [-0.2, -0.15) is 13.2 Å². The first-order valence-corrected chi connectivity index (χ1v) is 6.26. The molecule has 0 fully saturated rings. The van der Waals surface area contributed by atoms with E-state index in [9.17, 15) is 18.0 Å². The number of anilines is 2. The van der Waals surface area contributed by atoms with Crippen LogP contribution in [0, 0.1) is 0 Å². The summed E-state index contributed by atoms with van der Waals surface area (Å²) in [7, 11) is 1.79. The van der Waals surface area contributed by atoms with Crippen molar-refractivity contribution in [2.24, 2.45) is 0 Å². The highest BCUT2D eigenvalue weighted by Gasteiger charge is 2.26. The largest absolute Gasteiger partial charge is 0.405 e. The zero-order valence-corrected chi connectivity index (χ0v) is 11.2. The van der Waals surface area contributed by atoms with Crippen LogP contribution in [0.1, 0.15) is 12.8 Å². The third-order valence-electron chi connectivity index (χ3n) is 2.51. The van der Waals surface area contributed by atoms with Crippen LogP contribution in [-0.2, 0) is 4.79 Å². The standard InChI is InChI=1S/C13H18F3N3O/c1-17-8-4-7-12(20)19-11-6-3-2-5-10(11)18-9-13(14,15)16/h2-3,5-6,17-18H,4,7-9H2,1H3,(H,19,20). The van der Waals surface area contributed by atoms with Crippen molar-refractivity contribution >= 4 is 17.3 Å². The molecular weight excluding hydrogens is 271 g/mol. The highest BCUT2D eigenvalue weighted by Crippen LogP contribution is 2.23. The molecule has 3 N–H and O–H groups in total. The average Bonchev–Trinajstić information content (AvgIpc) is 2.37. The van der Waals surface area contributed by atoms with Crippen molar-refractivity contribution in [3.05, 3.63) is 24.3 Å². The predicted molar refractivity (Wildman–Crippen MR) is 72.8 cm³/mol. The van der Waals surface area contributed by atoms with Crippen LogP contribution in [0.5, 0.6) is 0 Å². The van der Waals surface area contributed by atoms with Crippen LogP contribution in [0.25, 0.3) is 0 Å². The molecule has 0 atom stereocenters. The number of hydrogen-bond donors (Lipinski definition) is 3. The Hall–Kier alpha value is -1.76. The summed E-state index contributed by atoms with van der Waals surface area (Å²) in [5.74, 6) is -0.221. The first kappa shape index (κ1) is 16.3. The second kappa shape index (κ2) is 7.74. The molecular formula is C13H18F3N3O. The number of carbonyl (C=O) groups excluding carboxylic acids is 1. The van der Waals surface area contributed by atoms with Gasteiger partial charge in [-0.1, -0.05) is 12.1 Å². The Labute approximate surface area is 115 Å². The maximum Gasteiger partial charge on any atom is 0.405 e. The number of alkyl halides is 3. The third-order valence-corrected chi connectivity index (χ3v) is 2.51. The lowest BCUT2D eigenvalue weighted by Gasteiger charge is -2.14. The number of para-hydroxylation sites is 2. The molecule has 0 unspecified atom stereocenters. The van der Waals surface area contributed by atoms with Gasteiger partial charge in [-0.25, -0.2) is 0 Å². The number of halogens is 3. The van der Waals surface area contributed by atoms with Crippen molar-refractivity contribution in [1.29, 1.82) is 0 Å². The Bertz CT molecular complexity index is 435. The fourth-order valence-corrected chi connectivity index (χ4v) is 1.58. The van der Waals surface area contributed by atoms with Gasteiger partial charge in [0.2, 0.25) is 5.91 Å². The van der Waals surface area contributed by atoms with E-state index < -0.39 is 12.7 Å². The van der Waals surface area contributed by atoms with Gasteiger partial charge in [0.05, 0.1) is 11.4 Å². The molecule has 0 heterocycles. The van der Waals surface area contributed by atoms with Crippen LogP contribution in [0.4, 0.5) is 24.5 Å². The van der Waals surface area contributed by atoms with Crippen molar-refractivity contribution in [2.75, 3.05) is 30.8 Å².